The van der Waals surface area contributed by atoms with Crippen LogP contribution < -0.4 is 5.32 Å². The topological polar surface area (TPSA) is 28.2 Å². The fraction of sp³-hybridized carbons (Fsp3) is 0.667. The Morgan fingerprint density at radius 2 is 2.33 bits per heavy atom. The second-order valence-corrected chi connectivity index (χ2v) is 5.72. The molecule has 1 unspecified atom stereocenters. The Hall–Kier alpha value is -0.930. The first kappa shape index (κ1) is 13.5. The largest absolute Gasteiger partial charge is 0.316 e. The lowest BCUT2D eigenvalue weighted by molar-refractivity contribution is 0.131. The van der Waals surface area contributed by atoms with Crippen molar-refractivity contribution in [1.82, 2.24) is 15.2 Å². The van der Waals surface area contributed by atoms with E-state index >= 15 is 0 Å². The highest BCUT2D eigenvalue weighted by molar-refractivity contribution is 5.03. The van der Waals surface area contributed by atoms with Crippen LogP contribution >= 0.6 is 0 Å². The summed E-state index contributed by atoms with van der Waals surface area (Å²) in [6.07, 6.45) is 4.52. The second kappa shape index (κ2) is 6.30. The maximum absolute atomic E-state index is 4.43. The van der Waals surface area contributed by atoms with Crippen molar-refractivity contribution < 1.29 is 0 Å². The Balaban J connectivity index is 1.92. The molecule has 0 aromatic carbocycles. The van der Waals surface area contributed by atoms with Gasteiger partial charge < -0.3 is 5.32 Å². The Morgan fingerprint density at radius 3 is 2.94 bits per heavy atom. The maximum Gasteiger partial charge on any atom is 0.0543 e. The van der Waals surface area contributed by atoms with Crippen LogP contribution in [0.3, 0.4) is 0 Å². The average Bonchev–Trinajstić information content (AvgIpc) is 2.40. The molecule has 1 N–H and O–H groups in total. The van der Waals surface area contributed by atoms with E-state index in [9.17, 15) is 0 Å². The summed E-state index contributed by atoms with van der Waals surface area (Å²) in [4.78, 5) is 6.93. The van der Waals surface area contributed by atoms with E-state index in [0.717, 1.165) is 26.2 Å². The van der Waals surface area contributed by atoms with Crippen molar-refractivity contribution in [2.24, 2.45) is 5.41 Å². The van der Waals surface area contributed by atoms with Gasteiger partial charge in [-0.3, -0.25) is 9.88 Å². The molecule has 18 heavy (non-hydrogen) atoms. The number of nitrogens with one attached hydrogen (secondary N) is 1. The fourth-order valence-electron chi connectivity index (χ4n) is 2.79. The maximum atomic E-state index is 4.43. The monoisotopic (exact) mass is 247 g/mol. The highest BCUT2D eigenvalue weighted by Gasteiger charge is 2.28. The predicted octanol–water partition coefficient (Wildman–Crippen LogP) is 2.29. The van der Waals surface area contributed by atoms with Gasteiger partial charge >= 0.3 is 0 Å². The number of hydrogen-bond donors (Lipinski definition) is 1. The molecule has 0 spiro atoms. The van der Waals surface area contributed by atoms with Gasteiger partial charge in [-0.1, -0.05) is 19.9 Å². The summed E-state index contributed by atoms with van der Waals surface area (Å²) in [5, 5.41) is 3.53. The van der Waals surface area contributed by atoms with Crippen molar-refractivity contribution in [1.29, 1.82) is 0 Å². The van der Waals surface area contributed by atoms with E-state index < -0.39 is 0 Å². The van der Waals surface area contributed by atoms with Gasteiger partial charge in [0.15, 0.2) is 0 Å². The summed E-state index contributed by atoms with van der Waals surface area (Å²) in [5.41, 5.74) is 1.59. The predicted molar refractivity (Wildman–Crippen MR) is 75.4 cm³/mol. The number of nitrogens with zero attached hydrogens (tertiary/aromatic N) is 2. The van der Waals surface area contributed by atoms with Crippen LogP contribution in [0.1, 0.15) is 32.4 Å². The molecule has 3 heteroatoms. The van der Waals surface area contributed by atoms with E-state index in [1.54, 1.807) is 0 Å². The standard InChI is InChI=1S/C15H25N3/c1-3-18(11-14-7-4-5-10-17-14)13-15(2)8-6-9-16-12-15/h4-5,7,10,16H,3,6,8-9,11-13H2,1-2H3. The zero-order valence-corrected chi connectivity index (χ0v) is 11.7. The molecule has 1 fully saturated rings. The summed E-state index contributed by atoms with van der Waals surface area (Å²) < 4.78 is 0. The third-order valence-electron chi connectivity index (χ3n) is 3.85. The molecule has 2 heterocycles. The first-order chi connectivity index (χ1) is 8.72. The zero-order valence-electron chi connectivity index (χ0n) is 11.7. The van der Waals surface area contributed by atoms with Gasteiger partial charge in [-0.25, -0.2) is 0 Å². The van der Waals surface area contributed by atoms with E-state index in [1.165, 1.54) is 25.1 Å². The van der Waals surface area contributed by atoms with Gasteiger partial charge in [0.25, 0.3) is 0 Å². The first-order valence-electron chi connectivity index (χ1n) is 7.05. The average molecular weight is 247 g/mol. The number of aromatic nitrogens is 1. The van der Waals surface area contributed by atoms with Crippen molar-refractivity contribution in [2.75, 3.05) is 26.2 Å². The number of hydrogen-bond acceptors (Lipinski definition) is 3. The molecular formula is C15H25N3. The summed E-state index contributed by atoms with van der Waals surface area (Å²) in [6, 6.07) is 6.16. The molecule has 1 aliphatic heterocycles. The van der Waals surface area contributed by atoms with Crippen LogP contribution in [0.25, 0.3) is 0 Å². The van der Waals surface area contributed by atoms with Crippen molar-refractivity contribution in [2.45, 2.75) is 33.2 Å². The molecule has 0 bridgehead atoms. The van der Waals surface area contributed by atoms with Crippen LogP contribution in [-0.4, -0.2) is 36.1 Å². The van der Waals surface area contributed by atoms with Crippen LogP contribution in [0.4, 0.5) is 0 Å². The van der Waals surface area contributed by atoms with Gasteiger partial charge in [-0.2, -0.15) is 0 Å². The SMILES string of the molecule is CCN(Cc1ccccn1)CC1(C)CCCNC1. The molecule has 0 amide bonds. The van der Waals surface area contributed by atoms with Crippen LogP contribution in [-0.2, 0) is 6.54 Å². The van der Waals surface area contributed by atoms with Crippen LogP contribution in [0, 0.1) is 5.41 Å². The Bertz CT molecular complexity index is 344. The minimum absolute atomic E-state index is 0.420. The molecule has 1 saturated heterocycles. The second-order valence-electron chi connectivity index (χ2n) is 5.72. The fourth-order valence-corrected chi connectivity index (χ4v) is 2.79. The van der Waals surface area contributed by atoms with E-state index in [4.69, 9.17) is 0 Å². The van der Waals surface area contributed by atoms with E-state index in [0.29, 0.717) is 5.41 Å². The molecule has 2 rings (SSSR count). The lowest BCUT2D eigenvalue weighted by Gasteiger charge is -2.38. The van der Waals surface area contributed by atoms with Crippen molar-refractivity contribution in [3.05, 3.63) is 30.1 Å². The molecule has 0 radical (unpaired) electrons. The van der Waals surface area contributed by atoms with Gasteiger partial charge in [-0.05, 0) is 43.5 Å². The molecule has 100 valence electrons. The Morgan fingerprint density at radius 1 is 1.44 bits per heavy atom. The summed E-state index contributed by atoms with van der Waals surface area (Å²) >= 11 is 0. The van der Waals surface area contributed by atoms with Crippen molar-refractivity contribution in [3.8, 4) is 0 Å². The minimum Gasteiger partial charge on any atom is -0.316 e. The number of rotatable bonds is 5. The first-order valence-corrected chi connectivity index (χ1v) is 7.05. The van der Waals surface area contributed by atoms with Gasteiger partial charge in [0, 0.05) is 25.8 Å². The minimum atomic E-state index is 0.420. The number of piperidine rings is 1. The van der Waals surface area contributed by atoms with Crippen LogP contribution in [0.5, 0.6) is 0 Å². The third kappa shape index (κ3) is 3.79. The van der Waals surface area contributed by atoms with Crippen LogP contribution in [0.15, 0.2) is 24.4 Å². The van der Waals surface area contributed by atoms with Gasteiger partial charge in [0.05, 0.1) is 5.69 Å². The summed E-state index contributed by atoms with van der Waals surface area (Å²) in [6.45, 7) is 10.2. The highest BCUT2D eigenvalue weighted by Crippen LogP contribution is 2.26. The Kier molecular flexibility index (Phi) is 4.72. The lowest BCUT2D eigenvalue weighted by Crippen LogP contribution is -2.45. The normalized spacial score (nSPS) is 24.4. The quantitative estimate of drug-likeness (QED) is 0.865. The van der Waals surface area contributed by atoms with E-state index in [-0.39, 0.29) is 0 Å². The van der Waals surface area contributed by atoms with Crippen molar-refractivity contribution in [3.63, 3.8) is 0 Å². The zero-order chi connectivity index (χ0) is 12.8. The molecule has 0 aliphatic carbocycles. The molecule has 1 aromatic rings. The van der Waals surface area contributed by atoms with E-state index in [1.807, 2.05) is 12.3 Å². The van der Waals surface area contributed by atoms with Gasteiger partial charge in [0.2, 0.25) is 0 Å². The van der Waals surface area contributed by atoms with Crippen molar-refractivity contribution >= 4 is 0 Å². The molecule has 3 nitrogen and oxygen atoms in total. The lowest BCUT2D eigenvalue weighted by atomic mass is 9.82. The molecular weight excluding hydrogens is 222 g/mol. The smallest absolute Gasteiger partial charge is 0.0543 e. The molecule has 1 atom stereocenters. The molecule has 1 aliphatic rings. The summed E-state index contributed by atoms with van der Waals surface area (Å²) in [5.74, 6) is 0. The third-order valence-corrected chi connectivity index (χ3v) is 3.85. The van der Waals surface area contributed by atoms with Gasteiger partial charge in [-0.15, -0.1) is 0 Å². The Labute approximate surface area is 111 Å². The highest BCUT2D eigenvalue weighted by atomic mass is 15.1. The van der Waals surface area contributed by atoms with Crippen LogP contribution in [0.2, 0.25) is 0 Å². The number of pyridine rings is 1. The van der Waals surface area contributed by atoms with Gasteiger partial charge in [0.1, 0.15) is 0 Å². The summed E-state index contributed by atoms with van der Waals surface area (Å²) in [7, 11) is 0. The van der Waals surface area contributed by atoms with E-state index in [2.05, 4.69) is 41.2 Å². The molecule has 0 saturated carbocycles. The molecule has 1 aromatic heterocycles.